The van der Waals surface area contributed by atoms with E-state index in [1.165, 1.54) is 0 Å². The summed E-state index contributed by atoms with van der Waals surface area (Å²) in [5.41, 5.74) is 0.915. The van der Waals surface area contributed by atoms with E-state index in [1.54, 1.807) is 12.4 Å². The molecule has 82 valence electrons. The zero-order valence-electron chi connectivity index (χ0n) is 9.16. The van der Waals surface area contributed by atoms with Gasteiger partial charge in [-0.15, -0.1) is 0 Å². The molecule has 0 spiro atoms. The Labute approximate surface area is 96.3 Å². The second-order valence-electron chi connectivity index (χ2n) is 3.53. The standard InChI is InChI=1S/C11H17N3S/c1-3-5-9(2)13-11(15)14-10-6-4-7-12-8-10/h4,6-9H,3,5H2,1-2H3,(H2,13,14,15)/t9-/m1/s1. The Bertz CT molecular complexity index is 300. The highest BCUT2D eigenvalue weighted by Crippen LogP contribution is 2.03. The minimum Gasteiger partial charge on any atom is -0.360 e. The number of thiocarbonyl (C=S) groups is 1. The molecule has 0 aliphatic heterocycles. The van der Waals surface area contributed by atoms with Gasteiger partial charge in [-0.25, -0.2) is 0 Å². The quantitative estimate of drug-likeness (QED) is 0.769. The van der Waals surface area contributed by atoms with E-state index in [2.05, 4.69) is 29.5 Å². The molecular formula is C11H17N3S. The zero-order valence-corrected chi connectivity index (χ0v) is 9.97. The molecule has 0 aromatic carbocycles. The first-order chi connectivity index (χ1) is 7.22. The first-order valence-electron chi connectivity index (χ1n) is 5.20. The number of nitrogens with one attached hydrogen (secondary N) is 2. The van der Waals surface area contributed by atoms with E-state index in [4.69, 9.17) is 12.2 Å². The highest BCUT2D eigenvalue weighted by atomic mass is 32.1. The number of rotatable bonds is 4. The molecule has 2 N–H and O–H groups in total. The van der Waals surface area contributed by atoms with Crippen molar-refractivity contribution in [2.24, 2.45) is 0 Å². The SMILES string of the molecule is CCC[C@@H](C)NC(=S)Nc1cccnc1. The Kier molecular flexibility index (Phi) is 5.04. The molecule has 0 aliphatic carbocycles. The van der Waals surface area contributed by atoms with E-state index in [0.717, 1.165) is 18.5 Å². The second kappa shape index (κ2) is 6.35. The fraction of sp³-hybridized carbons (Fsp3) is 0.455. The number of hydrogen-bond acceptors (Lipinski definition) is 2. The fourth-order valence-corrected chi connectivity index (χ4v) is 1.65. The third-order valence-corrected chi connectivity index (χ3v) is 2.24. The monoisotopic (exact) mass is 223 g/mol. The highest BCUT2D eigenvalue weighted by Gasteiger charge is 2.02. The molecule has 1 aromatic heterocycles. The number of hydrogen-bond donors (Lipinski definition) is 2. The van der Waals surface area contributed by atoms with Crippen molar-refractivity contribution in [1.29, 1.82) is 0 Å². The Balaban J connectivity index is 2.36. The molecule has 4 heteroatoms. The topological polar surface area (TPSA) is 37.0 Å². The van der Waals surface area contributed by atoms with Gasteiger partial charge < -0.3 is 10.6 Å². The maximum absolute atomic E-state index is 5.18. The normalized spacial score (nSPS) is 11.9. The van der Waals surface area contributed by atoms with Gasteiger partial charge in [-0.05, 0) is 37.7 Å². The van der Waals surface area contributed by atoms with Crippen LogP contribution in [0.25, 0.3) is 0 Å². The van der Waals surface area contributed by atoms with Crippen LogP contribution in [0, 0.1) is 0 Å². The van der Waals surface area contributed by atoms with E-state index >= 15 is 0 Å². The summed E-state index contributed by atoms with van der Waals surface area (Å²) in [6, 6.07) is 4.22. The lowest BCUT2D eigenvalue weighted by molar-refractivity contribution is 0.599. The predicted octanol–water partition coefficient (Wildman–Crippen LogP) is 2.56. The van der Waals surface area contributed by atoms with Crippen molar-refractivity contribution in [1.82, 2.24) is 10.3 Å². The maximum atomic E-state index is 5.18. The van der Waals surface area contributed by atoms with Crippen LogP contribution in [0.4, 0.5) is 5.69 Å². The molecule has 0 aliphatic rings. The van der Waals surface area contributed by atoms with Crippen LogP contribution in [0.3, 0.4) is 0 Å². The summed E-state index contributed by atoms with van der Waals surface area (Å²) in [6.07, 6.45) is 5.76. The zero-order chi connectivity index (χ0) is 11.1. The number of pyridine rings is 1. The third-order valence-electron chi connectivity index (χ3n) is 2.02. The van der Waals surface area contributed by atoms with Crippen molar-refractivity contribution in [3.05, 3.63) is 24.5 Å². The minimum absolute atomic E-state index is 0.409. The third kappa shape index (κ3) is 4.74. The summed E-state index contributed by atoms with van der Waals surface area (Å²) in [5, 5.41) is 6.97. The van der Waals surface area contributed by atoms with Crippen LogP contribution in [-0.4, -0.2) is 16.1 Å². The lowest BCUT2D eigenvalue weighted by Crippen LogP contribution is -2.35. The molecule has 0 bridgehead atoms. The van der Waals surface area contributed by atoms with Crippen LogP contribution in [-0.2, 0) is 0 Å². The van der Waals surface area contributed by atoms with Crippen molar-refractivity contribution in [3.8, 4) is 0 Å². The van der Waals surface area contributed by atoms with Crippen LogP contribution in [0.1, 0.15) is 26.7 Å². The molecule has 0 saturated carbocycles. The molecule has 1 rings (SSSR count). The predicted molar refractivity (Wildman–Crippen MR) is 68.0 cm³/mol. The minimum atomic E-state index is 0.409. The van der Waals surface area contributed by atoms with Gasteiger partial charge in [0.1, 0.15) is 0 Å². The van der Waals surface area contributed by atoms with Crippen molar-refractivity contribution in [2.45, 2.75) is 32.7 Å². The van der Waals surface area contributed by atoms with E-state index in [9.17, 15) is 0 Å². The van der Waals surface area contributed by atoms with Crippen molar-refractivity contribution >= 4 is 23.0 Å². The molecule has 3 nitrogen and oxygen atoms in total. The molecule has 0 saturated heterocycles. The summed E-state index contributed by atoms with van der Waals surface area (Å²) >= 11 is 5.18. The van der Waals surface area contributed by atoms with Gasteiger partial charge in [0.15, 0.2) is 5.11 Å². The summed E-state index contributed by atoms with van der Waals surface area (Å²) in [4.78, 5) is 4.00. The first kappa shape index (κ1) is 11.9. The van der Waals surface area contributed by atoms with Crippen molar-refractivity contribution < 1.29 is 0 Å². The smallest absolute Gasteiger partial charge is 0.171 e. The van der Waals surface area contributed by atoms with E-state index in [1.807, 2.05) is 12.1 Å². The Morgan fingerprint density at radius 3 is 3.00 bits per heavy atom. The molecule has 0 amide bonds. The van der Waals surface area contributed by atoms with E-state index in [0.29, 0.717) is 11.2 Å². The van der Waals surface area contributed by atoms with Gasteiger partial charge in [-0.1, -0.05) is 13.3 Å². The molecule has 1 heterocycles. The van der Waals surface area contributed by atoms with Gasteiger partial charge in [0, 0.05) is 12.2 Å². The Morgan fingerprint density at radius 1 is 1.60 bits per heavy atom. The number of anilines is 1. The Hall–Kier alpha value is -1.16. The van der Waals surface area contributed by atoms with Gasteiger partial charge in [-0.3, -0.25) is 4.98 Å². The summed E-state index contributed by atoms with van der Waals surface area (Å²) in [6.45, 7) is 4.29. The Morgan fingerprint density at radius 2 is 2.40 bits per heavy atom. The fourth-order valence-electron chi connectivity index (χ4n) is 1.33. The van der Waals surface area contributed by atoms with Crippen molar-refractivity contribution in [3.63, 3.8) is 0 Å². The van der Waals surface area contributed by atoms with Crippen LogP contribution < -0.4 is 10.6 Å². The molecule has 0 fully saturated rings. The van der Waals surface area contributed by atoms with E-state index in [-0.39, 0.29) is 0 Å². The number of nitrogens with zero attached hydrogens (tertiary/aromatic N) is 1. The van der Waals surface area contributed by atoms with Crippen molar-refractivity contribution in [2.75, 3.05) is 5.32 Å². The summed E-state index contributed by atoms with van der Waals surface area (Å²) in [7, 11) is 0. The van der Waals surface area contributed by atoms with Gasteiger partial charge in [0.25, 0.3) is 0 Å². The first-order valence-corrected chi connectivity index (χ1v) is 5.60. The lowest BCUT2D eigenvalue weighted by Gasteiger charge is -2.15. The summed E-state index contributed by atoms with van der Waals surface area (Å²) < 4.78 is 0. The van der Waals surface area contributed by atoms with Gasteiger partial charge in [0.2, 0.25) is 0 Å². The van der Waals surface area contributed by atoms with E-state index < -0.39 is 0 Å². The second-order valence-corrected chi connectivity index (χ2v) is 3.94. The average Bonchev–Trinajstić information content (AvgIpc) is 2.19. The highest BCUT2D eigenvalue weighted by molar-refractivity contribution is 7.80. The maximum Gasteiger partial charge on any atom is 0.171 e. The summed E-state index contributed by atoms with van der Waals surface area (Å²) in [5.74, 6) is 0. The molecule has 1 aromatic rings. The largest absolute Gasteiger partial charge is 0.360 e. The molecule has 0 unspecified atom stereocenters. The molecular weight excluding hydrogens is 206 g/mol. The van der Waals surface area contributed by atoms with Crippen LogP contribution in [0.15, 0.2) is 24.5 Å². The van der Waals surface area contributed by atoms with Gasteiger partial charge >= 0.3 is 0 Å². The van der Waals surface area contributed by atoms with Crippen LogP contribution >= 0.6 is 12.2 Å². The van der Waals surface area contributed by atoms with Gasteiger partial charge in [-0.2, -0.15) is 0 Å². The lowest BCUT2D eigenvalue weighted by atomic mass is 10.2. The van der Waals surface area contributed by atoms with Crippen LogP contribution in [0.5, 0.6) is 0 Å². The molecule has 0 radical (unpaired) electrons. The molecule has 15 heavy (non-hydrogen) atoms. The molecule has 1 atom stereocenters. The number of aromatic nitrogens is 1. The van der Waals surface area contributed by atoms with Gasteiger partial charge in [0.05, 0.1) is 11.9 Å². The average molecular weight is 223 g/mol. The van der Waals surface area contributed by atoms with Crippen LogP contribution in [0.2, 0.25) is 0 Å².